The zero-order valence-electron chi connectivity index (χ0n) is 9.47. The van der Waals surface area contributed by atoms with E-state index in [0.29, 0.717) is 5.56 Å². The molecule has 1 unspecified atom stereocenters. The van der Waals surface area contributed by atoms with Crippen LogP contribution < -0.4 is 5.32 Å². The highest BCUT2D eigenvalue weighted by molar-refractivity contribution is 5.94. The van der Waals surface area contributed by atoms with Crippen LogP contribution in [-0.2, 0) is 0 Å². The van der Waals surface area contributed by atoms with E-state index in [1.165, 1.54) is 0 Å². The minimum absolute atomic E-state index is 0.0371. The largest absolute Gasteiger partial charge is 0.350 e. The van der Waals surface area contributed by atoms with E-state index in [1.807, 2.05) is 30.5 Å². The smallest absolute Gasteiger partial charge is 0.252 e. The molecule has 2 heterocycles. The van der Waals surface area contributed by atoms with E-state index < -0.39 is 0 Å². The first-order chi connectivity index (χ1) is 7.70. The Morgan fingerprint density at radius 1 is 1.56 bits per heavy atom. The summed E-state index contributed by atoms with van der Waals surface area (Å²) in [7, 11) is 0. The van der Waals surface area contributed by atoms with Crippen LogP contribution in [0.25, 0.3) is 5.65 Å². The molecular formula is C12H15N3O. The van der Waals surface area contributed by atoms with Gasteiger partial charge in [-0.15, -0.1) is 0 Å². The molecule has 0 aliphatic heterocycles. The number of fused-ring (bicyclic) bond motifs is 1. The number of nitrogens with zero attached hydrogens (tertiary/aromatic N) is 2. The summed E-state index contributed by atoms with van der Waals surface area (Å²) in [5, 5.41) is 2.93. The number of rotatable bonds is 3. The molecule has 0 spiro atoms. The van der Waals surface area contributed by atoms with Crippen LogP contribution in [0.5, 0.6) is 0 Å². The Hall–Kier alpha value is -1.84. The Morgan fingerprint density at radius 2 is 2.38 bits per heavy atom. The fourth-order valence-electron chi connectivity index (χ4n) is 1.46. The second kappa shape index (κ2) is 4.35. The fraction of sp³-hybridized carbons (Fsp3) is 0.333. The van der Waals surface area contributed by atoms with E-state index in [-0.39, 0.29) is 11.9 Å². The van der Waals surface area contributed by atoms with Crippen molar-refractivity contribution < 1.29 is 4.79 Å². The van der Waals surface area contributed by atoms with Crippen molar-refractivity contribution in [1.29, 1.82) is 0 Å². The summed E-state index contributed by atoms with van der Waals surface area (Å²) >= 11 is 0. The van der Waals surface area contributed by atoms with Crippen molar-refractivity contribution in [2.45, 2.75) is 26.3 Å². The van der Waals surface area contributed by atoms with Crippen LogP contribution in [0.1, 0.15) is 30.6 Å². The van der Waals surface area contributed by atoms with Gasteiger partial charge in [-0.3, -0.25) is 4.79 Å². The highest BCUT2D eigenvalue weighted by Crippen LogP contribution is 2.05. The number of pyridine rings is 1. The van der Waals surface area contributed by atoms with Crippen LogP contribution in [0.2, 0.25) is 0 Å². The van der Waals surface area contributed by atoms with Crippen LogP contribution in [-0.4, -0.2) is 21.3 Å². The van der Waals surface area contributed by atoms with Crippen LogP contribution in [0.4, 0.5) is 0 Å². The second-order valence-electron chi connectivity index (χ2n) is 3.89. The molecule has 1 N–H and O–H groups in total. The van der Waals surface area contributed by atoms with Crippen molar-refractivity contribution in [3.63, 3.8) is 0 Å². The maximum absolute atomic E-state index is 11.8. The van der Waals surface area contributed by atoms with Gasteiger partial charge in [-0.05, 0) is 25.5 Å². The van der Waals surface area contributed by atoms with Crippen LogP contribution in [0.3, 0.4) is 0 Å². The molecule has 1 atom stereocenters. The fourth-order valence-corrected chi connectivity index (χ4v) is 1.46. The molecule has 0 aromatic carbocycles. The molecule has 4 heteroatoms. The van der Waals surface area contributed by atoms with Crippen molar-refractivity contribution in [3.8, 4) is 0 Å². The third-order valence-electron chi connectivity index (χ3n) is 2.64. The molecule has 2 aromatic heterocycles. The molecule has 0 saturated heterocycles. The predicted molar refractivity (Wildman–Crippen MR) is 62.4 cm³/mol. The third-order valence-corrected chi connectivity index (χ3v) is 2.64. The van der Waals surface area contributed by atoms with E-state index in [2.05, 4.69) is 10.3 Å². The minimum atomic E-state index is -0.0371. The van der Waals surface area contributed by atoms with Crippen molar-refractivity contribution in [2.24, 2.45) is 0 Å². The first kappa shape index (κ1) is 10.7. The molecule has 0 fully saturated rings. The van der Waals surface area contributed by atoms with Gasteiger partial charge in [0.1, 0.15) is 5.65 Å². The van der Waals surface area contributed by atoms with Crippen LogP contribution in [0.15, 0.2) is 30.7 Å². The lowest BCUT2D eigenvalue weighted by molar-refractivity contribution is 0.0939. The van der Waals surface area contributed by atoms with E-state index in [1.54, 1.807) is 18.5 Å². The molecule has 2 rings (SSSR count). The third kappa shape index (κ3) is 2.05. The first-order valence-corrected chi connectivity index (χ1v) is 5.44. The summed E-state index contributed by atoms with van der Waals surface area (Å²) in [6.45, 7) is 4.04. The highest BCUT2D eigenvalue weighted by Gasteiger charge is 2.08. The molecule has 1 amide bonds. The van der Waals surface area contributed by atoms with Gasteiger partial charge in [0.2, 0.25) is 0 Å². The Bertz CT molecular complexity index is 504. The van der Waals surface area contributed by atoms with Crippen molar-refractivity contribution in [2.75, 3.05) is 0 Å². The Balaban J connectivity index is 2.22. The van der Waals surface area contributed by atoms with E-state index in [0.717, 1.165) is 12.1 Å². The minimum Gasteiger partial charge on any atom is -0.350 e. The monoisotopic (exact) mass is 217 g/mol. The van der Waals surface area contributed by atoms with Crippen LogP contribution >= 0.6 is 0 Å². The number of hydrogen-bond acceptors (Lipinski definition) is 2. The Morgan fingerprint density at radius 3 is 3.12 bits per heavy atom. The maximum Gasteiger partial charge on any atom is 0.252 e. The van der Waals surface area contributed by atoms with Gasteiger partial charge in [0.05, 0.1) is 5.56 Å². The lowest BCUT2D eigenvalue weighted by Crippen LogP contribution is -2.32. The zero-order valence-corrected chi connectivity index (χ0v) is 9.47. The van der Waals surface area contributed by atoms with Gasteiger partial charge in [0.15, 0.2) is 0 Å². The van der Waals surface area contributed by atoms with Gasteiger partial charge >= 0.3 is 0 Å². The zero-order chi connectivity index (χ0) is 11.5. The van der Waals surface area contributed by atoms with Gasteiger partial charge in [-0.2, -0.15) is 0 Å². The van der Waals surface area contributed by atoms with E-state index >= 15 is 0 Å². The average Bonchev–Trinajstić information content (AvgIpc) is 2.75. The maximum atomic E-state index is 11.8. The van der Waals surface area contributed by atoms with Gasteiger partial charge in [-0.1, -0.05) is 6.92 Å². The molecule has 84 valence electrons. The Labute approximate surface area is 94.3 Å². The normalized spacial score (nSPS) is 12.6. The lowest BCUT2D eigenvalue weighted by Gasteiger charge is -2.11. The topological polar surface area (TPSA) is 46.4 Å². The summed E-state index contributed by atoms with van der Waals surface area (Å²) in [5.41, 5.74) is 1.51. The number of imidazole rings is 1. The average molecular weight is 217 g/mol. The number of hydrogen-bond donors (Lipinski definition) is 1. The standard InChI is InChI=1S/C12H15N3O/c1-3-9(2)14-12(16)10-4-5-11-13-6-7-15(11)8-10/h4-9H,3H2,1-2H3,(H,14,16). The Kier molecular flexibility index (Phi) is 2.90. The van der Waals surface area contributed by atoms with Gasteiger partial charge < -0.3 is 9.72 Å². The number of amides is 1. The summed E-state index contributed by atoms with van der Waals surface area (Å²) in [6.07, 6.45) is 6.26. The van der Waals surface area contributed by atoms with Crippen molar-refractivity contribution in [1.82, 2.24) is 14.7 Å². The van der Waals surface area contributed by atoms with Crippen LogP contribution in [0, 0.1) is 0 Å². The molecule has 2 aromatic rings. The number of nitrogens with one attached hydrogen (secondary N) is 1. The van der Waals surface area contributed by atoms with Crippen molar-refractivity contribution in [3.05, 3.63) is 36.3 Å². The summed E-state index contributed by atoms with van der Waals surface area (Å²) in [5.74, 6) is -0.0371. The van der Waals surface area contributed by atoms with Crippen molar-refractivity contribution >= 4 is 11.6 Å². The highest BCUT2D eigenvalue weighted by atomic mass is 16.1. The summed E-state index contributed by atoms with van der Waals surface area (Å²) in [6, 6.07) is 3.83. The summed E-state index contributed by atoms with van der Waals surface area (Å²) < 4.78 is 1.84. The first-order valence-electron chi connectivity index (χ1n) is 5.44. The molecule has 0 bridgehead atoms. The van der Waals surface area contributed by atoms with E-state index in [4.69, 9.17) is 0 Å². The molecule has 0 radical (unpaired) electrons. The molecular weight excluding hydrogens is 202 g/mol. The second-order valence-corrected chi connectivity index (χ2v) is 3.89. The molecule has 0 aliphatic rings. The molecule has 16 heavy (non-hydrogen) atoms. The van der Waals surface area contributed by atoms with Gasteiger partial charge in [0.25, 0.3) is 5.91 Å². The van der Waals surface area contributed by atoms with Gasteiger partial charge in [-0.25, -0.2) is 4.98 Å². The molecule has 0 saturated carbocycles. The number of carbonyl (C=O) groups is 1. The van der Waals surface area contributed by atoms with Gasteiger partial charge in [0, 0.05) is 24.6 Å². The SMILES string of the molecule is CCC(C)NC(=O)c1ccc2nccn2c1. The molecule has 0 aliphatic carbocycles. The van der Waals surface area contributed by atoms with E-state index in [9.17, 15) is 4.79 Å². The number of carbonyl (C=O) groups excluding carboxylic acids is 1. The predicted octanol–water partition coefficient (Wildman–Crippen LogP) is 1.86. The quantitative estimate of drug-likeness (QED) is 0.853. The number of aromatic nitrogens is 2. The summed E-state index contributed by atoms with van der Waals surface area (Å²) in [4.78, 5) is 16.0. The lowest BCUT2D eigenvalue weighted by atomic mass is 10.2. The molecule has 4 nitrogen and oxygen atoms in total.